The SMILES string of the molecule is C=C1CC2C(CC[C@]3(C)C(=O)CCC23)[C@@]2(C)C=CC(=O)C=C12.C[C@]12C(=CCC3C1CC[C@]1(C)C(=O)CCC31)C=C(N1CCCC1)C[C@@H]2N1CCCC1.C[C@]12C=CC(=O)C=C1C(CO)CC1C2CC[C@]2(C)C(=O)CCC12.C[C@]12C=CC(=O)C=C1C(COS(C)(=O)=O)CC1C2CC[C@]2(C)C(=O)CCC12.C[C@]12C=CC(=O)C=C1CCC1C2CC[C@]2(C)C(=O)CCC12. The molecule has 2 aliphatic heterocycles. The lowest BCUT2D eigenvalue weighted by Crippen LogP contribution is -2.58. The largest absolute Gasteiger partial charge is 0.396 e. The molecule has 2 heterocycles. The molecule has 15 nitrogen and oxygen atoms in total. The van der Waals surface area contributed by atoms with Gasteiger partial charge in [0.1, 0.15) is 28.9 Å². The molecule has 0 amide bonds. The van der Waals surface area contributed by atoms with E-state index in [2.05, 4.69) is 116 Å². The molecule has 0 aromatic rings. The van der Waals surface area contributed by atoms with Crippen molar-refractivity contribution in [3.63, 3.8) is 0 Å². The normalized spacial score (nSPS) is 46.7. The Hall–Kier alpha value is -6.20. The maximum Gasteiger partial charge on any atom is 0.264 e. The Morgan fingerprint density at radius 1 is 0.423 bits per heavy atom. The molecule has 0 bridgehead atoms. The molecular weight excluding hydrogens is 1550 g/mol. The molecule has 1 N–H and O–H groups in total. The average molecular weight is 1700 g/mol. The van der Waals surface area contributed by atoms with Crippen molar-refractivity contribution >= 4 is 62.2 Å². The number of aliphatic hydroxyl groups excluding tert-OH is 1. The number of ketones is 9. The Balaban J connectivity index is 0.000000105. The summed E-state index contributed by atoms with van der Waals surface area (Å²) in [4.78, 5) is 116. The fraction of sp³-hybridized carbons (Fsp3) is 0.710. The Kier molecular flexibility index (Phi) is 22.5. The molecule has 20 aliphatic carbocycles. The van der Waals surface area contributed by atoms with Gasteiger partial charge in [-0.3, -0.25) is 52.2 Å². The fourth-order valence-corrected chi connectivity index (χ4v) is 34.2. The number of aliphatic hydroxyl groups is 1. The van der Waals surface area contributed by atoms with Crippen molar-refractivity contribution in [2.45, 2.75) is 274 Å². The summed E-state index contributed by atoms with van der Waals surface area (Å²) in [6, 6.07) is 0.654. The van der Waals surface area contributed by atoms with Crippen LogP contribution in [0.3, 0.4) is 0 Å². The Labute approximate surface area is 733 Å². The zero-order valence-corrected chi connectivity index (χ0v) is 76.8. The molecule has 0 spiro atoms. The standard InChI is InChI=1S/C27H40N2O.C21H28O5S.C20H26O3.C20H24O2.C19H24O2/c1-26-12-11-23-21(22(26)9-10-25(26)30)8-7-19-17-20(28-13-3-4-14-28)18-24(27(19,23)2)29-15-5-6-16-29;1-20-8-6-14(22)11-18(20)13(12-26-27(3,24)25)10-15-16-4-5-19(23)21(16,2)9-7-17(15)20;1-19-7-5-13(22)10-17(19)12(11-21)9-14-15-3-4-18(23)20(15,2)8-6-16(14)19;1-12-10-14-15-4-5-18(22)20(15,3)9-7-16(14)19(2)8-6-13(21)11-17(12)19;1-18-9-7-13(20)11-12(18)3-4-14-15-5-6-17(21)19(15,2)10-8-16(14)18/h7,17,21-24H,3-6,8-16,18H2,1-2H3;6,8,11,13,15-17H,4-5,7,9-10,12H2,1-3H3;5,7,10,12,14-16,21H,3-4,6,8-9,11H2,1-2H3;6,8,11,14-16H,1,4-5,7,9-10H2,2-3H3;7,9,11,14-16H,3-6,8,10H2,1-2H3/t21?,22?,23?,24-,26-,27-;13?,15?,16?,17?,20-,21+;12?,14?,15?,16?,19-,20+;14?,15?,16?,19-,20+;14?,15?,16?,18-,19-/m01110/s1. The first-order valence-corrected chi connectivity index (χ1v) is 50.6. The number of allylic oxidation sites excluding steroid dienone is 17. The zero-order valence-electron chi connectivity index (χ0n) is 76.0. The molecule has 22 rings (SSSR count). The van der Waals surface area contributed by atoms with Gasteiger partial charge in [0.2, 0.25) is 0 Å². The van der Waals surface area contributed by atoms with Crippen LogP contribution in [0.4, 0.5) is 0 Å². The zero-order chi connectivity index (χ0) is 87.1. The minimum Gasteiger partial charge on any atom is -0.396 e. The summed E-state index contributed by atoms with van der Waals surface area (Å²) < 4.78 is 28.3. The third kappa shape index (κ3) is 14.0. The molecule has 16 fully saturated rings. The fourth-order valence-electron chi connectivity index (χ4n) is 33.8. The molecule has 28 atom stereocenters. The van der Waals surface area contributed by atoms with E-state index < -0.39 is 10.1 Å². The molecule has 17 unspecified atom stereocenters. The highest BCUT2D eigenvalue weighted by Crippen LogP contribution is 2.71. The predicted octanol–water partition coefficient (Wildman–Crippen LogP) is 19.2. The second kappa shape index (κ2) is 31.6. The van der Waals surface area contributed by atoms with Gasteiger partial charge in [0.15, 0.2) is 23.1 Å². The molecular formula is C107H142N2O13S. The highest BCUT2D eigenvalue weighted by Gasteiger charge is 2.67. The number of hydrogen-bond acceptors (Lipinski definition) is 15. The van der Waals surface area contributed by atoms with Crippen LogP contribution >= 0.6 is 0 Å². The number of likely N-dealkylation sites (tertiary alicyclic amines) is 2. The molecule has 0 radical (unpaired) electrons. The van der Waals surface area contributed by atoms with Crippen molar-refractivity contribution in [3.8, 4) is 0 Å². The van der Waals surface area contributed by atoms with Crippen LogP contribution in [0.25, 0.3) is 0 Å². The predicted molar refractivity (Wildman–Crippen MR) is 478 cm³/mol. The summed E-state index contributed by atoms with van der Waals surface area (Å²) in [5.74, 6) is 10.6. The van der Waals surface area contributed by atoms with Gasteiger partial charge in [0.05, 0.1) is 12.9 Å². The summed E-state index contributed by atoms with van der Waals surface area (Å²) in [6.07, 6.45) is 61.1. The molecule has 123 heavy (non-hydrogen) atoms. The van der Waals surface area contributed by atoms with Gasteiger partial charge in [-0.25, -0.2) is 0 Å². The molecule has 0 aromatic heterocycles. The Bertz CT molecular complexity index is 4910. The van der Waals surface area contributed by atoms with Crippen LogP contribution < -0.4 is 0 Å². The van der Waals surface area contributed by atoms with Crippen molar-refractivity contribution in [1.29, 1.82) is 0 Å². The van der Waals surface area contributed by atoms with Crippen molar-refractivity contribution in [1.82, 2.24) is 9.80 Å². The van der Waals surface area contributed by atoms with Crippen LogP contribution in [-0.4, -0.2) is 127 Å². The van der Waals surface area contributed by atoms with E-state index in [1.807, 2.05) is 12.2 Å². The quantitative estimate of drug-likeness (QED) is 0.244. The first kappa shape index (κ1) is 87.5. The van der Waals surface area contributed by atoms with Crippen LogP contribution in [0.2, 0.25) is 0 Å². The van der Waals surface area contributed by atoms with Gasteiger partial charge in [-0.1, -0.05) is 128 Å². The van der Waals surface area contributed by atoms with Gasteiger partial charge in [0.25, 0.3) is 10.1 Å². The minimum atomic E-state index is -3.55. The van der Waals surface area contributed by atoms with E-state index in [1.54, 1.807) is 53.8 Å². The summed E-state index contributed by atoms with van der Waals surface area (Å²) in [7, 11) is -3.55. The summed E-state index contributed by atoms with van der Waals surface area (Å²) in [6.45, 7) is 32.2. The summed E-state index contributed by atoms with van der Waals surface area (Å²) in [5, 5.41) is 9.93. The number of hydrogen-bond donors (Lipinski definition) is 1. The van der Waals surface area contributed by atoms with E-state index in [0.29, 0.717) is 118 Å². The number of carbonyl (C=O) groups excluding carboxylic acids is 9. The van der Waals surface area contributed by atoms with Crippen LogP contribution in [0.5, 0.6) is 0 Å². The van der Waals surface area contributed by atoms with Gasteiger partial charge in [0, 0.05) is 136 Å². The van der Waals surface area contributed by atoms with Crippen molar-refractivity contribution in [2.75, 3.05) is 45.6 Å². The van der Waals surface area contributed by atoms with Crippen molar-refractivity contribution in [2.24, 2.45) is 155 Å². The van der Waals surface area contributed by atoms with Crippen molar-refractivity contribution in [3.05, 3.63) is 131 Å². The van der Waals surface area contributed by atoms with Crippen molar-refractivity contribution < 1.29 is 60.9 Å². The lowest BCUT2D eigenvalue weighted by molar-refractivity contribution is -0.133. The second-order valence-electron chi connectivity index (χ2n) is 45.8. The van der Waals surface area contributed by atoms with E-state index in [-0.39, 0.29) is 102 Å². The molecule has 16 heteroatoms. The van der Waals surface area contributed by atoms with E-state index >= 15 is 0 Å². The van der Waals surface area contributed by atoms with E-state index in [9.17, 15) is 56.7 Å². The van der Waals surface area contributed by atoms with E-state index in [4.69, 9.17) is 4.18 Å². The number of Topliss-reactive ketones (excluding diaryl/α,β-unsaturated/α-hetero) is 5. The molecule has 14 saturated carbocycles. The number of carbonyl (C=O) groups is 9. The lowest BCUT2D eigenvalue weighted by atomic mass is 9.46. The number of fused-ring (bicyclic) bond motifs is 25. The maximum absolute atomic E-state index is 12.8. The van der Waals surface area contributed by atoms with Gasteiger partial charge in [-0.05, 0) is 328 Å². The lowest BCUT2D eigenvalue weighted by Gasteiger charge is -2.60. The third-order valence-electron chi connectivity index (χ3n) is 40.7. The molecule has 664 valence electrons. The third-order valence-corrected chi connectivity index (χ3v) is 41.3. The van der Waals surface area contributed by atoms with Crippen LogP contribution in [0.15, 0.2) is 131 Å². The average Bonchev–Trinajstić information content (AvgIpc) is 1.45. The molecule has 2 saturated heterocycles. The Morgan fingerprint density at radius 3 is 1.31 bits per heavy atom. The topological polar surface area (TPSA) is 224 Å². The first-order valence-electron chi connectivity index (χ1n) is 48.8. The van der Waals surface area contributed by atoms with Crippen LogP contribution in [-0.2, 0) is 57.5 Å². The highest BCUT2D eigenvalue weighted by molar-refractivity contribution is 7.86. The smallest absolute Gasteiger partial charge is 0.264 e. The van der Waals surface area contributed by atoms with Gasteiger partial charge < -0.3 is 10.0 Å². The van der Waals surface area contributed by atoms with Gasteiger partial charge >= 0.3 is 0 Å². The molecule has 22 aliphatic rings. The summed E-state index contributed by atoms with van der Waals surface area (Å²) in [5.41, 5.74) is 8.32. The highest BCUT2D eigenvalue weighted by atomic mass is 32.2. The van der Waals surface area contributed by atoms with Gasteiger partial charge in [-0.15, -0.1) is 0 Å². The number of nitrogens with zero attached hydrogens (tertiary/aromatic N) is 2. The second-order valence-corrected chi connectivity index (χ2v) is 47.5. The maximum atomic E-state index is 12.8. The first-order chi connectivity index (χ1) is 58.3. The van der Waals surface area contributed by atoms with E-state index in [0.717, 1.165) is 182 Å². The van der Waals surface area contributed by atoms with Crippen LogP contribution in [0, 0.1) is 155 Å². The number of rotatable bonds is 6. The minimum absolute atomic E-state index is 0.0166. The van der Waals surface area contributed by atoms with Crippen LogP contribution in [0.1, 0.15) is 268 Å². The molecule has 0 aromatic carbocycles. The monoisotopic (exact) mass is 1700 g/mol. The summed E-state index contributed by atoms with van der Waals surface area (Å²) >= 11 is 0. The van der Waals surface area contributed by atoms with E-state index in [1.165, 1.54) is 83.1 Å². The van der Waals surface area contributed by atoms with Gasteiger partial charge in [-0.2, -0.15) is 8.42 Å². The Morgan fingerprint density at radius 2 is 0.821 bits per heavy atom.